The summed E-state index contributed by atoms with van der Waals surface area (Å²) in [6.45, 7) is 6.91. The van der Waals surface area contributed by atoms with Gasteiger partial charge in [-0.15, -0.1) is 0 Å². The molecule has 0 rings (SSSR count). The molecular formula is C15H25F3N2O3. The number of allylic oxidation sites excluding steroid dienone is 1. The predicted octanol–water partition coefficient (Wildman–Crippen LogP) is 2.96. The molecule has 0 aromatic rings. The summed E-state index contributed by atoms with van der Waals surface area (Å²) in [5, 5.41) is 4.54. The van der Waals surface area contributed by atoms with Gasteiger partial charge in [-0.25, -0.2) is 18.0 Å². The number of rotatable bonds is 7. The lowest BCUT2D eigenvalue weighted by Gasteiger charge is -2.26. The number of nitrogens with one attached hydrogen (secondary N) is 2. The summed E-state index contributed by atoms with van der Waals surface area (Å²) in [6, 6.07) is 0. The molecule has 0 aliphatic heterocycles. The fourth-order valence-corrected chi connectivity index (χ4v) is 1.57. The summed E-state index contributed by atoms with van der Waals surface area (Å²) >= 11 is 0. The molecule has 8 heteroatoms. The van der Waals surface area contributed by atoms with Gasteiger partial charge in [0, 0.05) is 20.0 Å². The van der Waals surface area contributed by atoms with Crippen LogP contribution < -0.4 is 10.6 Å². The fraction of sp³-hybridized carbons (Fsp3) is 0.733. The Morgan fingerprint density at radius 2 is 1.57 bits per heavy atom. The molecule has 0 saturated carbocycles. The van der Waals surface area contributed by atoms with Crippen LogP contribution in [0.25, 0.3) is 0 Å². The Balaban J connectivity index is 4.28. The predicted molar refractivity (Wildman–Crippen MR) is 81.1 cm³/mol. The van der Waals surface area contributed by atoms with Crippen LogP contribution in [0, 0.1) is 0 Å². The lowest BCUT2D eigenvalue weighted by molar-refractivity contribution is -0.153. The van der Waals surface area contributed by atoms with E-state index >= 15 is 0 Å². The summed E-state index contributed by atoms with van der Waals surface area (Å²) < 4.78 is 45.7. The van der Waals surface area contributed by atoms with Crippen molar-refractivity contribution in [1.82, 2.24) is 10.6 Å². The molecule has 0 aromatic heterocycles. The lowest BCUT2D eigenvalue weighted by atomic mass is 9.97. The molecule has 2 N–H and O–H groups in total. The van der Waals surface area contributed by atoms with Gasteiger partial charge in [-0.2, -0.15) is 0 Å². The molecule has 0 aromatic carbocycles. The van der Waals surface area contributed by atoms with Gasteiger partial charge >= 0.3 is 6.09 Å². The van der Waals surface area contributed by atoms with Crippen LogP contribution in [0.15, 0.2) is 12.2 Å². The van der Waals surface area contributed by atoms with E-state index in [2.05, 4.69) is 10.6 Å². The number of amides is 2. The van der Waals surface area contributed by atoms with Crippen molar-refractivity contribution in [2.75, 3.05) is 13.1 Å². The molecule has 1 unspecified atom stereocenters. The summed E-state index contributed by atoms with van der Waals surface area (Å²) in [5.41, 5.74) is -4.04. The van der Waals surface area contributed by atoms with Gasteiger partial charge in [0.05, 0.1) is 0 Å². The largest absolute Gasteiger partial charge is 0.444 e. The first-order valence-electron chi connectivity index (χ1n) is 7.29. The number of halogens is 3. The molecular weight excluding hydrogens is 313 g/mol. The van der Waals surface area contributed by atoms with Crippen LogP contribution >= 0.6 is 0 Å². The molecule has 5 nitrogen and oxygen atoms in total. The molecule has 0 fully saturated rings. The van der Waals surface area contributed by atoms with Gasteiger partial charge in [0.25, 0.3) is 17.5 Å². The Hall–Kier alpha value is -1.73. The number of hydrogen-bond acceptors (Lipinski definition) is 3. The molecule has 1 atom stereocenters. The van der Waals surface area contributed by atoms with E-state index in [1.165, 1.54) is 6.92 Å². The number of ether oxygens (including phenoxy) is 1. The summed E-state index contributed by atoms with van der Waals surface area (Å²) in [6.07, 6.45) is 1.20. The highest BCUT2D eigenvalue weighted by atomic mass is 19.3. The van der Waals surface area contributed by atoms with Crippen molar-refractivity contribution in [2.45, 2.75) is 58.2 Å². The van der Waals surface area contributed by atoms with E-state index in [1.807, 2.05) is 0 Å². The third-order valence-electron chi connectivity index (χ3n) is 2.67. The average Bonchev–Trinajstić information content (AvgIpc) is 2.34. The quantitative estimate of drug-likeness (QED) is 0.554. The highest BCUT2D eigenvalue weighted by Crippen LogP contribution is 2.33. The maximum Gasteiger partial charge on any atom is 0.407 e. The standard InChI is InChI=1S/C15H25F3N2O3/c1-6-8-15(18,14(5,16)17)11(21)19-9-7-10-20-12(22)23-13(2,3)4/h6,8H,7,9-10H2,1-5H3,(H,19,21)(H,20,22)/b8-6+. The zero-order valence-electron chi connectivity index (χ0n) is 14.1. The number of carbonyl (C=O) groups is 2. The van der Waals surface area contributed by atoms with Gasteiger partial charge in [0.15, 0.2) is 0 Å². The Morgan fingerprint density at radius 3 is 2.00 bits per heavy atom. The SMILES string of the molecule is C/C=C/C(F)(C(=O)NCCCNC(=O)OC(C)(C)C)C(C)(F)F. The molecule has 23 heavy (non-hydrogen) atoms. The van der Waals surface area contributed by atoms with Crippen LogP contribution in [0.4, 0.5) is 18.0 Å². The highest BCUT2D eigenvalue weighted by Gasteiger charge is 2.55. The van der Waals surface area contributed by atoms with E-state index in [9.17, 15) is 22.8 Å². The molecule has 0 saturated heterocycles. The van der Waals surface area contributed by atoms with Crippen LogP contribution in [0.2, 0.25) is 0 Å². The van der Waals surface area contributed by atoms with Gasteiger partial charge in [-0.1, -0.05) is 6.08 Å². The van der Waals surface area contributed by atoms with Crippen molar-refractivity contribution in [1.29, 1.82) is 0 Å². The number of hydrogen-bond donors (Lipinski definition) is 2. The van der Waals surface area contributed by atoms with Crippen molar-refractivity contribution in [3.8, 4) is 0 Å². The second-order valence-corrected chi connectivity index (χ2v) is 6.14. The second-order valence-electron chi connectivity index (χ2n) is 6.14. The minimum Gasteiger partial charge on any atom is -0.444 e. The normalized spacial score (nSPS) is 15.1. The minimum absolute atomic E-state index is 0.0616. The molecule has 134 valence electrons. The van der Waals surface area contributed by atoms with Gasteiger partial charge in [0.2, 0.25) is 0 Å². The van der Waals surface area contributed by atoms with Crippen molar-refractivity contribution in [3.63, 3.8) is 0 Å². The fourth-order valence-electron chi connectivity index (χ4n) is 1.57. The molecule has 0 aliphatic carbocycles. The van der Waals surface area contributed by atoms with Crippen molar-refractivity contribution < 1.29 is 27.5 Å². The third-order valence-corrected chi connectivity index (χ3v) is 2.67. The topological polar surface area (TPSA) is 67.4 Å². The first-order valence-corrected chi connectivity index (χ1v) is 7.29. The molecule has 0 aliphatic rings. The molecule has 2 amide bonds. The molecule has 0 radical (unpaired) electrons. The maximum atomic E-state index is 14.2. The van der Waals surface area contributed by atoms with Crippen LogP contribution in [0.5, 0.6) is 0 Å². The maximum absolute atomic E-state index is 14.2. The smallest absolute Gasteiger partial charge is 0.407 e. The zero-order chi connectivity index (χ0) is 18.3. The van der Waals surface area contributed by atoms with E-state index in [4.69, 9.17) is 4.74 Å². The Kier molecular flexibility index (Phi) is 7.60. The van der Waals surface area contributed by atoms with Crippen molar-refractivity contribution in [2.24, 2.45) is 0 Å². The van der Waals surface area contributed by atoms with Crippen LogP contribution in [-0.2, 0) is 9.53 Å². The third kappa shape index (κ3) is 7.38. The second kappa shape index (κ2) is 8.21. The van der Waals surface area contributed by atoms with Crippen molar-refractivity contribution in [3.05, 3.63) is 12.2 Å². The number of alkyl carbamates (subject to hydrolysis) is 1. The summed E-state index contributed by atoms with van der Waals surface area (Å²) in [4.78, 5) is 23.0. The monoisotopic (exact) mass is 338 g/mol. The summed E-state index contributed by atoms with van der Waals surface area (Å²) in [7, 11) is 0. The Morgan fingerprint density at radius 1 is 1.04 bits per heavy atom. The van der Waals surface area contributed by atoms with E-state index in [0.29, 0.717) is 13.0 Å². The van der Waals surface area contributed by atoms with Gasteiger partial charge in [-0.3, -0.25) is 4.79 Å². The first kappa shape index (κ1) is 21.3. The Bertz CT molecular complexity index is 442. The van der Waals surface area contributed by atoms with Crippen LogP contribution in [0.1, 0.15) is 41.0 Å². The van der Waals surface area contributed by atoms with E-state index in [1.54, 1.807) is 20.8 Å². The Labute approximate surface area is 134 Å². The van der Waals surface area contributed by atoms with E-state index < -0.39 is 29.2 Å². The van der Waals surface area contributed by atoms with Gasteiger partial charge in [0.1, 0.15) is 5.60 Å². The zero-order valence-corrected chi connectivity index (χ0v) is 14.1. The molecule has 0 heterocycles. The van der Waals surface area contributed by atoms with Crippen molar-refractivity contribution >= 4 is 12.0 Å². The highest BCUT2D eigenvalue weighted by molar-refractivity contribution is 5.88. The van der Waals surface area contributed by atoms with E-state index in [0.717, 1.165) is 6.08 Å². The van der Waals surface area contributed by atoms with E-state index in [-0.39, 0.29) is 19.5 Å². The lowest BCUT2D eigenvalue weighted by Crippen LogP contribution is -2.53. The number of alkyl halides is 3. The van der Waals surface area contributed by atoms with Gasteiger partial charge < -0.3 is 15.4 Å². The van der Waals surface area contributed by atoms with Gasteiger partial charge in [-0.05, 0) is 40.2 Å². The van der Waals surface area contributed by atoms with Crippen LogP contribution in [-0.4, -0.2) is 42.3 Å². The minimum atomic E-state index is -3.85. The molecule has 0 spiro atoms. The average molecular weight is 338 g/mol. The van der Waals surface area contributed by atoms with Crippen LogP contribution in [0.3, 0.4) is 0 Å². The molecule has 0 bridgehead atoms. The number of carbonyl (C=O) groups excluding carboxylic acids is 2. The summed E-state index contributed by atoms with van der Waals surface area (Å²) in [5.74, 6) is -5.27. The first-order chi connectivity index (χ1) is 10.3.